The molecule has 0 bridgehead atoms. The highest BCUT2D eigenvalue weighted by Gasteiger charge is 2.20. The molecule has 0 saturated heterocycles. The Labute approximate surface area is 84.9 Å². The summed E-state index contributed by atoms with van der Waals surface area (Å²) < 4.78 is 25.2. The molecule has 0 heterocycles. The Balaban J connectivity index is 0.000000921. The van der Waals surface area contributed by atoms with Gasteiger partial charge in [0.05, 0.1) is 4.92 Å². The summed E-state index contributed by atoms with van der Waals surface area (Å²) >= 11 is 0. The quantitative estimate of drug-likeness (QED) is 0.533. The van der Waals surface area contributed by atoms with E-state index in [1.807, 2.05) is 13.8 Å². The largest absolute Gasteiger partial charge is 0.290 e. The number of nitrogens with zero attached hydrogens (tertiary/aromatic N) is 2. The maximum atomic E-state index is 12.7. The van der Waals surface area contributed by atoms with Gasteiger partial charge in [-0.2, -0.15) is 5.26 Å². The number of benzene rings is 1. The van der Waals surface area contributed by atoms with E-state index in [-0.39, 0.29) is 0 Å². The maximum absolute atomic E-state index is 12.7. The summed E-state index contributed by atoms with van der Waals surface area (Å²) in [5, 5.41) is 18.5. The van der Waals surface area contributed by atoms with Gasteiger partial charge >= 0.3 is 0 Å². The predicted octanol–water partition coefficient (Wildman–Crippen LogP) is 2.77. The van der Waals surface area contributed by atoms with Gasteiger partial charge in [0.15, 0.2) is 17.2 Å². The summed E-state index contributed by atoms with van der Waals surface area (Å²) in [4.78, 5) is 9.27. The molecule has 0 fully saturated rings. The molecule has 0 N–H and O–H groups in total. The number of halogens is 2. The molecule has 4 nitrogen and oxygen atoms in total. The van der Waals surface area contributed by atoms with Crippen LogP contribution in [0.1, 0.15) is 19.4 Å². The molecule has 0 radical (unpaired) electrons. The van der Waals surface area contributed by atoms with Gasteiger partial charge < -0.3 is 0 Å². The second kappa shape index (κ2) is 5.65. The summed E-state index contributed by atoms with van der Waals surface area (Å²) in [6.45, 7) is 4.00. The first-order valence-corrected chi connectivity index (χ1v) is 4.10. The first kappa shape index (κ1) is 13.0. The Morgan fingerprint density at radius 3 is 2.33 bits per heavy atom. The molecule has 1 rings (SSSR count). The molecule has 0 saturated carbocycles. The van der Waals surface area contributed by atoms with Crippen molar-refractivity contribution in [2.75, 3.05) is 0 Å². The molecule has 0 unspecified atom stereocenters. The van der Waals surface area contributed by atoms with Gasteiger partial charge in [-0.1, -0.05) is 13.8 Å². The average molecular weight is 214 g/mol. The van der Waals surface area contributed by atoms with Gasteiger partial charge in [0.2, 0.25) is 0 Å². The van der Waals surface area contributed by atoms with Crippen LogP contribution in [0.15, 0.2) is 12.1 Å². The Kier molecular flexibility index (Phi) is 4.88. The number of hydrogen-bond donors (Lipinski definition) is 0. The standard InChI is InChI=1S/C7H2F2N2O2.C2H6/c8-5-1-2-6(11(12)13)4(3-10)7(5)9;1-2/h1-2H;1-2H3. The van der Waals surface area contributed by atoms with E-state index in [9.17, 15) is 18.9 Å². The lowest BCUT2D eigenvalue weighted by molar-refractivity contribution is -0.385. The molecule has 1 aromatic rings. The van der Waals surface area contributed by atoms with Crippen molar-refractivity contribution in [2.24, 2.45) is 0 Å². The van der Waals surface area contributed by atoms with Crippen molar-refractivity contribution in [1.82, 2.24) is 0 Å². The molecule has 6 heteroatoms. The van der Waals surface area contributed by atoms with Crippen molar-refractivity contribution in [3.05, 3.63) is 39.4 Å². The SMILES string of the molecule is CC.N#Cc1c([N+](=O)[O-])ccc(F)c1F. The minimum atomic E-state index is -1.49. The topological polar surface area (TPSA) is 66.9 Å². The van der Waals surface area contributed by atoms with Crippen LogP contribution in [-0.2, 0) is 0 Å². The number of hydrogen-bond acceptors (Lipinski definition) is 3. The molecule has 0 spiro atoms. The molecular formula is C9H8F2N2O2. The second-order valence-electron chi connectivity index (χ2n) is 2.12. The van der Waals surface area contributed by atoms with Crippen LogP contribution in [0.2, 0.25) is 0 Å². The third kappa shape index (κ3) is 2.71. The molecular weight excluding hydrogens is 206 g/mol. The first-order chi connectivity index (χ1) is 7.07. The molecule has 80 valence electrons. The molecule has 0 aliphatic heterocycles. The fourth-order valence-corrected chi connectivity index (χ4v) is 0.799. The molecule has 0 amide bonds. The summed E-state index contributed by atoms with van der Waals surface area (Å²) in [7, 11) is 0. The third-order valence-electron chi connectivity index (χ3n) is 1.38. The zero-order valence-corrected chi connectivity index (χ0v) is 8.12. The van der Waals surface area contributed by atoms with Crippen molar-refractivity contribution >= 4 is 5.69 Å². The van der Waals surface area contributed by atoms with E-state index in [4.69, 9.17) is 5.26 Å². The summed E-state index contributed by atoms with van der Waals surface area (Å²) in [5.41, 5.74) is -1.62. The van der Waals surface area contributed by atoms with Gasteiger partial charge in [0.1, 0.15) is 6.07 Å². The van der Waals surface area contributed by atoms with Crippen LogP contribution in [-0.4, -0.2) is 4.92 Å². The lowest BCUT2D eigenvalue weighted by atomic mass is 10.2. The lowest BCUT2D eigenvalue weighted by Gasteiger charge is -1.96. The van der Waals surface area contributed by atoms with Crippen LogP contribution < -0.4 is 0 Å². The van der Waals surface area contributed by atoms with Crippen LogP contribution in [0.3, 0.4) is 0 Å². The van der Waals surface area contributed by atoms with Crippen LogP contribution in [0.5, 0.6) is 0 Å². The van der Waals surface area contributed by atoms with Gasteiger partial charge in [-0.15, -0.1) is 0 Å². The number of rotatable bonds is 1. The summed E-state index contributed by atoms with van der Waals surface area (Å²) in [6.07, 6.45) is 0. The van der Waals surface area contributed by atoms with Gasteiger partial charge in [-0.05, 0) is 6.07 Å². The third-order valence-corrected chi connectivity index (χ3v) is 1.38. The molecule has 0 aliphatic rings. The van der Waals surface area contributed by atoms with E-state index >= 15 is 0 Å². The van der Waals surface area contributed by atoms with E-state index < -0.39 is 27.8 Å². The molecule has 15 heavy (non-hydrogen) atoms. The van der Waals surface area contributed by atoms with E-state index in [1.54, 1.807) is 0 Å². The lowest BCUT2D eigenvalue weighted by Crippen LogP contribution is -1.97. The highest BCUT2D eigenvalue weighted by Crippen LogP contribution is 2.22. The Hall–Kier alpha value is -2.03. The van der Waals surface area contributed by atoms with Gasteiger partial charge in [0, 0.05) is 6.07 Å². The Morgan fingerprint density at radius 2 is 1.93 bits per heavy atom. The van der Waals surface area contributed by atoms with E-state index in [0.29, 0.717) is 6.07 Å². The van der Waals surface area contributed by atoms with Crippen LogP contribution in [0, 0.1) is 33.1 Å². The zero-order valence-electron chi connectivity index (χ0n) is 8.12. The van der Waals surface area contributed by atoms with Crippen molar-refractivity contribution < 1.29 is 13.7 Å². The van der Waals surface area contributed by atoms with Crippen molar-refractivity contribution in [3.8, 4) is 6.07 Å². The second-order valence-corrected chi connectivity index (χ2v) is 2.12. The monoisotopic (exact) mass is 214 g/mol. The first-order valence-electron chi connectivity index (χ1n) is 4.10. The van der Waals surface area contributed by atoms with E-state index in [0.717, 1.165) is 6.07 Å². The van der Waals surface area contributed by atoms with Crippen molar-refractivity contribution in [2.45, 2.75) is 13.8 Å². The van der Waals surface area contributed by atoms with Gasteiger partial charge in [-0.3, -0.25) is 10.1 Å². The number of nitro benzene ring substituents is 1. The van der Waals surface area contributed by atoms with Crippen LogP contribution >= 0.6 is 0 Å². The van der Waals surface area contributed by atoms with Gasteiger partial charge in [-0.25, -0.2) is 8.78 Å². The average Bonchev–Trinajstić information content (AvgIpc) is 2.24. The summed E-state index contributed by atoms with van der Waals surface area (Å²) in [5.74, 6) is -2.76. The summed E-state index contributed by atoms with van der Waals surface area (Å²) in [6, 6.07) is 2.58. The maximum Gasteiger partial charge on any atom is 0.290 e. The molecule has 1 aromatic carbocycles. The fraction of sp³-hybridized carbons (Fsp3) is 0.222. The minimum absolute atomic E-state index is 0.605. The molecule has 0 atom stereocenters. The number of nitriles is 1. The van der Waals surface area contributed by atoms with E-state index in [2.05, 4.69) is 0 Å². The Morgan fingerprint density at radius 1 is 1.40 bits per heavy atom. The normalized spacial score (nSPS) is 8.47. The van der Waals surface area contributed by atoms with Crippen molar-refractivity contribution in [3.63, 3.8) is 0 Å². The highest BCUT2D eigenvalue weighted by atomic mass is 19.2. The Bertz CT molecular complexity index is 413. The van der Waals surface area contributed by atoms with E-state index in [1.165, 1.54) is 6.07 Å². The smallest absolute Gasteiger partial charge is 0.258 e. The molecule has 0 aliphatic carbocycles. The number of nitro groups is 1. The van der Waals surface area contributed by atoms with Crippen molar-refractivity contribution in [1.29, 1.82) is 5.26 Å². The zero-order chi connectivity index (χ0) is 12.0. The minimum Gasteiger partial charge on any atom is -0.258 e. The fourth-order valence-electron chi connectivity index (χ4n) is 0.799. The highest BCUT2D eigenvalue weighted by molar-refractivity contribution is 5.49. The predicted molar refractivity (Wildman–Crippen MR) is 49.1 cm³/mol. The van der Waals surface area contributed by atoms with Gasteiger partial charge in [0.25, 0.3) is 5.69 Å². The molecule has 0 aromatic heterocycles. The van der Waals surface area contributed by atoms with Crippen LogP contribution in [0.4, 0.5) is 14.5 Å². The van der Waals surface area contributed by atoms with Crippen LogP contribution in [0.25, 0.3) is 0 Å².